The van der Waals surface area contributed by atoms with Gasteiger partial charge in [0.1, 0.15) is 17.9 Å². The number of carboxylic acids is 1. The maximum absolute atomic E-state index is 13.7. The van der Waals surface area contributed by atoms with Crippen molar-refractivity contribution in [3.8, 4) is 28.8 Å². The molecule has 0 saturated heterocycles. The summed E-state index contributed by atoms with van der Waals surface area (Å²) in [5, 5.41) is 26.7. The van der Waals surface area contributed by atoms with E-state index in [4.69, 9.17) is 23.7 Å². The smallest absolute Gasteiger partial charge is 0.335 e. The topological polar surface area (TPSA) is 169 Å². The number of carboxylic acid groups (broad SMARTS) is 1. The standard InChI is InChI=1S/C34H26N4O9/c1-3-45-29-16-21(15-26(38(42)43)31(29)46-19-20-11-13-22(14-12-20)34(40)41)18-35-37-32(36-25-8-5-4-7-23(25)33(37)39)30-17-24-27(44-2)9-6-10-28(24)47-30/h4-18H,3,19H2,1-2H3,(H,40,41). The van der Waals surface area contributed by atoms with Gasteiger partial charge in [-0.05, 0) is 61.0 Å². The zero-order valence-electron chi connectivity index (χ0n) is 25.1. The summed E-state index contributed by atoms with van der Waals surface area (Å²) in [6, 6.07) is 22.5. The first-order chi connectivity index (χ1) is 22.8. The van der Waals surface area contributed by atoms with Gasteiger partial charge in [0, 0.05) is 11.6 Å². The minimum atomic E-state index is -1.07. The Hall–Kier alpha value is -6.50. The average Bonchev–Trinajstić information content (AvgIpc) is 3.52. The summed E-state index contributed by atoms with van der Waals surface area (Å²) >= 11 is 0. The highest BCUT2D eigenvalue weighted by Gasteiger charge is 2.23. The first-order valence-corrected chi connectivity index (χ1v) is 14.3. The molecule has 13 nitrogen and oxygen atoms in total. The molecule has 0 saturated carbocycles. The highest BCUT2D eigenvalue weighted by molar-refractivity contribution is 5.89. The Morgan fingerprint density at radius 1 is 1.02 bits per heavy atom. The number of carbonyl (C=O) groups is 1. The van der Waals surface area contributed by atoms with Gasteiger partial charge in [-0.2, -0.15) is 9.78 Å². The van der Waals surface area contributed by atoms with Crippen LogP contribution in [0.3, 0.4) is 0 Å². The predicted octanol–water partition coefficient (Wildman–Crippen LogP) is 6.28. The van der Waals surface area contributed by atoms with Crippen molar-refractivity contribution in [2.75, 3.05) is 13.7 Å². The predicted molar refractivity (Wildman–Crippen MR) is 173 cm³/mol. The lowest BCUT2D eigenvalue weighted by atomic mass is 10.1. The minimum absolute atomic E-state index is 0.0823. The SMILES string of the molecule is CCOc1cc(C=Nn2c(-c3cc4c(OC)cccc4o3)nc3ccccc3c2=O)cc([N+](=O)[O-])c1OCc1ccc(C(=O)O)cc1. The second kappa shape index (κ2) is 12.9. The van der Waals surface area contributed by atoms with Crippen LogP contribution in [0, 0.1) is 10.1 Å². The van der Waals surface area contributed by atoms with E-state index >= 15 is 0 Å². The summed E-state index contributed by atoms with van der Waals surface area (Å²) in [6.07, 6.45) is 1.29. The van der Waals surface area contributed by atoms with Crippen LogP contribution in [0.2, 0.25) is 0 Å². The van der Waals surface area contributed by atoms with Gasteiger partial charge in [-0.25, -0.2) is 9.78 Å². The summed E-state index contributed by atoms with van der Waals surface area (Å²) in [4.78, 5) is 41.1. The fourth-order valence-corrected chi connectivity index (χ4v) is 4.96. The van der Waals surface area contributed by atoms with Crippen LogP contribution in [0.4, 0.5) is 5.69 Å². The Bertz CT molecular complexity index is 2240. The number of fused-ring (bicyclic) bond motifs is 2. The molecule has 0 aliphatic heterocycles. The molecule has 13 heteroatoms. The number of hydrogen-bond donors (Lipinski definition) is 1. The van der Waals surface area contributed by atoms with Crippen LogP contribution in [0.25, 0.3) is 33.5 Å². The minimum Gasteiger partial charge on any atom is -0.496 e. The third kappa shape index (κ3) is 6.09. The molecule has 0 aliphatic rings. The van der Waals surface area contributed by atoms with Crippen molar-refractivity contribution in [1.82, 2.24) is 9.66 Å². The molecule has 0 fully saturated rings. The molecule has 0 aliphatic carbocycles. The molecule has 47 heavy (non-hydrogen) atoms. The van der Waals surface area contributed by atoms with E-state index in [0.29, 0.717) is 33.2 Å². The Morgan fingerprint density at radius 2 is 1.81 bits per heavy atom. The Labute approximate surface area is 266 Å². The average molecular weight is 635 g/mol. The zero-order chi connectivity index (χ0) is 33.1. The highest BCUT2D eigenvalue weighted by atomic mass is 16.6. The molecule has 4 aromatic carbocycles. The quantitative estimate of drug-likeness (QED) is 0.0972. The molecule has 6 rings (SSSR count). The van der Waals surface area contributed by atoms with Gasteiger partial charge in [-0.3, -0.25) is 14.9 Å². The van der Waals surface area contributed by atoms with Gasteiger partial charge in [0.25, 0.3) is 5.56 Å². The van der Waals surface area contributed by atoms with Crippen molar-refractivity contribution in [2.24, 2.45) is 5.10 Å². The van der Waals surface area contributed by atoms with Crippen LogP contribution < -0.4 is 19.8 Å². The lowest BCUT2D eigenvalue weighted by Gasteiger charge is -2.13. The molecule has 236 valence electrons. The molecule has 2 heterocycles. The van der Waals surface area contributed by atoms with Gasteiger partial charge in [-0.15, -0.1) is 0 Å². The van der Waals surface area contributed by atoms with E-state index in [1.807, 2.05) is 0 Å². The van der Waals surface area contributed by atoms with Crippen LogP contribution in [0.1, 0.15) is 28.4 Å². The largest absolute Gasteiger partial charge is 0.496 e. The van der Waals surface area contributed by atoms with Crippen LogP contribution in [0.15, 0.2) is 99.2 Å². The molecular formula is C34H26N4O9. The van der Waals surface area contributed by atoms with Gasteiger partial charge in [0.2, 0.25) is 11.6 Å². The van der Waals surface area contributed by atoms with Crippen molar-refractivity contribution in [2.45, 2.75) is 13.5 Å². The number of hydrogen-bond acceptors (Lipinski definition) is 10. The molecule has 0 unspecified atom stereocenters. The summed E-state index contributed by atoms with van der Waals surface area (Å²) in [6.45, 7) is 1.81. The molecule has 1 N–H and O–H groups in total. The number of methoxy groups -OCH3 is 1. The van der Waals surface area contributed by atoms with E-state index in [-0.39, 0.29) is 47.4 Å². The van der Waals surface area contributed by atoms with E-state index in [1.54, 1.807) is 74.7 Å². The van der Waals surface area contributed by atoms with Gasteiger partial charge in [-0.1, -0.05) is 30.3 Å². The van der Waals surface area contributed by atoms with Gasteiger partial charge in [0.15, 0.2) is 11.5 Å². The monoisotopic (exact) mass is 634 g/mol. The van der Waals surface area contributed by atoms with Gasteiger partial charge in [0.05, 0.1) is 46.7 Å². The number of para-hydroxylation sites is 1. The van der Waals surface area contributed by atoms with Crippen molar-refractivity contribution in [1.29, 1.82) is 0 Å². The van der Waals surface area contributed by atoms with E-state index < -0.39 is 22.1 Å². The zero-order valence-corrected chi connectivity index (χ0v) is 25.1. The van der Waals surface area contributed by atoms with Crippen molar-refractivity contribution in [3.63, 3.8) is 0 Å². The van der Waals surface area contributed by atoms with E-state index in [0.717, 1.165) is 4.68 Å². The summed E-state index contributed by atoms with van der Waals surface area (Å²) in [7, 11) is 1.54. The van der Waals surface area contributed by atoms with E-state index in [2.05, 4.69) is 10.1 Å². The number of ether oxygens (including phenoxy) is 3. The number of nitro groups is 1. The third-order valence-corrected chi connectivity index (χ3v) is 7.18. The summed E-state index contributed by atoms with van der Waals surface area (Å²) in [5.41, 5.74) is 1.01. The summed E-state index contributed by atoms with van der Waals surface area (Å²) in [5.74, 6) is -0.166. The van der Waals surface area contributed by atoms with Crippen molar-refractivity contribution in [3.05, 3.63) is 122 Å². The molecule has 2 aromatic heterocycles. The Morgan fingerprint density at radius 3 is 2.53 bits per heavy atom. The van der Waals surface area contributed by atoms with Gasteiger partial charge < -0.3 is 23.7 Å². The number of aromatic carboxylic acids is 1. The number of aromatic nitrogens is 2. The molecule has 0 amide bonds. The number of benzene rings is 4. The van der Waals surface area contributed by atoms with E-state index in [9.17, 15) is 19.7 Å². The lowest BCUT2D eigenvalue weighted by molar-refractivity contribution is -0.386. The van der Waals surface area contributed by atoms with Crippen LogP contribution in [-0.4, -0.2) is 45.6 Å². The second-order valence-electron chi connectivity index (χ2n) is 10.1. The van der Waals surface area contributed by atoms with E-state index in [1.165, 1.54) is 30.5 Å². The van der Waals surface area contributed by atoms with Crippen LogP contribution in [0.5, 0.6) is 17.2 Å². The number of rotatable bonds is 11. The molecular weight excluding hydrogens is 608 g/mol. The van der Waals surface area contributed by atoms with Crippen molar-refractivity contribution >= 4 is 39.7 Å². The number of nitro benzene ring substituents is 1. The Balaban J connectivity index is 1.42. The van der Waals surface area contributed by atoms with Crippen molar-refractivity contribution < 1.29 is 33.5 Å². The maximum Gasteiger partial charge on any atom is 0.335 e. The maximum atomic E-state index is 13.7. The summed E-state index contributed by atoms with van der Waals surface area (Å²) < 4.78 is 24.1. The second-order valence-corrected chi connectivity index (χ2v) is 10.1. The van der Waals surface area contributed by atoms with Crippen LogP contribution in [-0.2, 0) is 6.61 Å². The highest BCUT2D eigenvalue weighted by Crippen LogP contribution is 2.39. The fourth-order valence-electron chi connectivity index (χ4n) is 4.96. The first-order valence-electron chi connectivity index (χ1n) is 14.3. The first kappa shape index (κ1) is 30.5. The molecule has 0 bridgehead atoms. The van der Waals surface area contributed by atoms with Gasteiger partial charge >= 0.3 is 11.7 Å². The molecule has 0 radical (unpaired) electrons. The number of furan rings is 1. The lowest BCUT2D eigenvalue weighted by Crippen LogP contribution is -2.20. The number of nitrogens with zero attached hydrogens (tertiary/aromatic N) is 4. The third-order valence-electron chi connectivity index (χ3n) is 7.18. The fraction of sp³-hybridized carbons (Fsp3) is 0.118. The van der Waals surface area contributed by atoms with Crippen LogP contribution >= 0.6 is 0 Å². The Kier molecular flexibility index (Phi) is 8.35. The molecule has 0 spiro atoms. The normalized spacial score (nSPS) is 11.3. The molecule has 0 atom stereocenters. The molecule has 6 aromatic rings.